The maximum absolute atomic E-state index is 13.6. The molecule has 2 aromatic carbocycles. The first kappa shape index (κ1) is 14.6. The molecule has 0 aliphatic rings. The van der Waals surface area contributed by atoms with E-state index in [1.165, 1.54) is 18.2 Å². The number of primary amides is 1. The number of halogens is 2. The molecular formula is C14H12F2N2O3. The topological polar surface area (TPSA) is 95.6 Å². The minimum atomic E-state index is -1.03. The molecule has 0 saturated carbocycles. The van der Waals surface area contributed by atoms with Crippen LogP contribution in [0.3, 0.4) is 0 Å². The van der Waals surface area contributed by atoms with Crippen molar-refractivity contribution < 1.29 is 23.8 Å². The van der Waals surface area contributed by atoms with E-state index in [1.807, 2.05) is 0 Å². The van der Waals surface area contributed by atoms with Gasteiger partial charge in [-0.2, -0.15) is 0 Å². The number of phenols is 2. The number of rotatable bonds is 4. The zero-order valence-electron chi connectivity index (χ0n) is 10.7. The molecule has 0 atom stereocenters. The van der Waals surface area contributed by atoms with E-state index in [0.717, 1.165) is 6.07 Å². The Kier molecular flexibility index (Phi) is 3.93. The Balaban J connectivity index is 2.21. The molecule has 21 heavy (non-hydrogen) atoms. The Morgan fingerprint density at radius 3 is 2.43 bits per heavy atom. The van der Waals surface area contributed by atoms with Crippen molar-refractivity contribution in [2.24, 2.45) is 5.73 Å². The summed E-state index contributed by atoms with van der Waals surface area (Å²) in [5.41, 5.74) is 5.01. The smallest absolute Gasteiger partial charge is 0.251 e. The first-order valence-corrected chi connectivity index (χ1v) is 5.92. The number of carbonyl (C=O) groups excluding carboxylic acids is 1. The lowest BCUT2D eigenvalue weighted by Gasteiger charge is -2.10. The lowest BCUT2D eigenvalue weighted by Crippen LogP contribution is -2.14. The minimum Gasteiger partial charge on any atom is -0.504 e. The van der Waals surface area contributed by atoms with Crippen LogP contribution in [0.2, 0.25) is 0 Å². The van der Waals surface area contributed by atoms with E-state index in [1.54, 1.807) is 0 Å². The molecule has 0 spiro atoms. The molecule has 0 fully saturated rings. The number of aromatic hydroxyl groups is 2. The van der Waals surface area contributed by atoms with Gasteiger partial charge in [-0.05, 0) is 23.8 Å². The van der Waals surface area contributed by atoms with E-state index in [2.05, 4.69) is 5.32 Å². The fraction of sp³-hybridized carbons (Fsp3) is 0.0714. The number of anilines is 1. The quantitative estimate of drug-likeness (QED) is 0.649. The fourth-order valence-corrected chi connectivity index (χ4v) is 1.75. The van der Waals surface area contributed by atoms with Crippen molar-refractivity contribution in [1.82, 2.24) is 0 Å². The third-order valence-electron chi connectivity index (χ3n) is 2.84. The monoisotopic (exact) mass is 294 g/mol. The molecule has 1 amide bonds. The summed E-state index contributed by atoms with van der Waals surface area (Å²) in [6, 6.07) is 5.63. The van der Waals surface area contributed by atoms with Crippen molar-refractivity contribution in [3.63, 3.8) is 0 Å². The van der Waals surface area contributed by atoms with Gasteiger partial charge in [-0.1, -0.05) is 6.07 Å². The Bertz CT molecular complexity index is 705. The van der Waals surface area contributed by atoms with Gasteiger partial charge in [-0.15, -0.1) is 0 Å². The van der Waals surface area contributed by atoms with E-state index < -0.39 is 23.1 Å². The van der Waals surface area contributed by atoms with Gasteiger partial charge in [0.25, 0.3) is 5.91 Å². The van der Waals surface area contributed by atoms with E-state index in [0.29, 0.717) is 11.6 Å². The maximum Gasteiger partial charge on any atom is 0.251 e. The van der Waals surface area contributed by atoms with Crippen LogP contribution in [0.25, 0.3) is 0 Å². The maximum atomic E-state index is 13.6. The Morgan fingerprint density at radius 2 is 1.81 bits per heavy atom. The Morgan fingerprint density at radius 1 is 1.10 bits per heavy atom. The van der Waals surface area contributed by atoms with Gasteiger partial charge in [-0.3, -0.25) is 4.79 Å². The highest BCUT2D eigenvalue weighted by atomic mass is 19.1. The van der Waals surface area contributed by atoms with Crippen molar-refractivity contribution in [1.29, 1.82) is 0 Å². The van der Waals surface area contributed by atoms with Crippen molar-refractivity contribution in [2.45, 2.75) is 6.54 Å². The van der Waals surface area contributed by atoms with Gasteiger partial charge in [0.05, 0.1) is 11.3 Å². The SMILES string of the molecule is NC(=O)c1cc(NCc2ccc(O)c(O)c2)c(F)cc1F. The average Bonchev–Trinajstić information content (AvgIpc) is 2.41. The largest absolute Gasteiger partial charge is 0.504 e. The lowest BCUT2D eigenvalue weighted by molar-refractivity contribution is 0.0996. The number of nitrogens with two attached hydrogens (primary N) is 1. The van der Waals surface area contributed by atoms with E-state index in [-0.39, 0.29) is 23.7 Å². The highest BCUT2D eigenvalue weighted by Gasteiger charge is 2.13. The van der Waals surface area contributed by atoms with Crippen LogP contribution in [0.4, 0.5) is 14.5 Å². The molecule has 5 N–H and O–H groups in total. The molecular weight excluding hydrogens is 282 g/mol. The van der Waals surface area contributed by atoms with Crippen molar-refractivity contribution >= 4 is 11.6 Å². The molecule has 0 aromatic heterocycles. The number of hydrogen-bond acceptors (Lipinski definition) is 4. The number of hydrogen-bond donors (Lipinski definition) is 4. The molecule has 5 nitrogen and oxygen atoms in total. The van der Waals surface area contributed by atoms with Gasteiger partial charge < -0.3 is 21.3 Å². The summed E-state index contributed by atoms with van der Waals surface area (Å²) in [5.74, 6) is -3.50. The van der Waals surface area contributed by atoms with Crippen LogP contribution in [0.1, 0.15) is 15.9 Å². The van der Waals surface area contributed by atoms with Crippen molar-refractivity contribution in [3.05, 3.63) is 53.1 Å². The van der Waals surface area contributed by atoms with Gasteiger partial charge in [0, 0.05) is 12.6 Å². The second-order valence-electron chi connectivity index (χ2n) is 4.35. The number of carbonyl (C=O) groups is 1. The first-order valence-electron chi connectivity index (χ1n) is 5.92. The second kappa shape index (κ2) is 5.66. The first-order chi connectivity index (χ1) is 9.88. The predicted molar refractivity (Wildman–Crippen MR) is 72.0 cm³/mol. The Hall–Kier alpha value is -2.83. The predicted octanol–water partition coefficient (Wildman–Crippen LogP) is 2.09. The van der Waals surface area contributed by atoms with E-state index in [4.69, 9.17) is 5.73 Å². The zero-order valence-corrected chi connectivity index (χ0v) is 10.7. The number of phenolic OH excluding ortho intramolecular Hbond substituents is 2. The van der Waals surface area contributed by atoms with Crippen LogP contribution >= 0.6 is 0 Å². The number of benzene rings is 2. The molecule has 110 valence electrons. The third-order valence-corrected chi connectivity index (χ3v) is 2.84. The molecule has 0 aliphatic heterocycles. The summed E-state index contributed by atoms with van der Waals surface area (Å²) >= 11 is 0. The summed E-state index contributed by atoms with van der Waals surface area (Å²) in [7, 11) is 0. The average molecular weight is 294 g/mol. The zero-order chi connectivity index (χ0) is 15.6. The van der Waals surface area contributed by atoms with Gasteiger partial charge in [-0.25, -0.2) is 8.78 Å². The number of amides is 1. The van der Waals surface area contributed by atoms with Crippen LogP contribution in [-0.4, -0.2) is 16.1 Å². The van der Waals surface area contributed by atoms with Crippen LogP contribution in [0, 0.1) is 11.6 Å². The van der Waals surface area contributed by atoms with Gasteiger partial charge in [0.15, 0.2) is 11.5 Å². The molecule has 0 saturated heterocycles. The van der Waals surface area contributed by atoms with Gasteiger partial charge in [0.2, 0.25) is 0 Å². The van der Waals surface area contributed by atoms with Crippen molar-refractivity contribution in [3.8, 4) is 11.5 Å². The molecule has 0 unspecified atom stereocenters. The molecule has 7 heteroatoms. The third kappa shape index (κ3) is 3.19. The van der Waals surface area contributed by atoms with E-state index >= 15 is 0 Å². The molecule has 0 aliphatic carbocycles. The van der Waals surface area contributed by atoms with Crippen LogP contribution in [0.15, 0.2) is 30.3 Å². The highest BCUT2D eigenvalue weighted by molar-refractivity contribution is 5.94. The molecule has 0 radical (unpaired) electrons. The molecule has 2 rings (SSSR count). The van der Waals surface area contributed by atoms with Crippen LogP contribution < -0.4 is 11.1 Å². The van der Waals surface area contributed by atoms with E-state index in [9.17, 15) is 23.8 Å². The van der Waals surface area contributed by atoms with Crippen LogP contribution in [-0.2, 0) is 6.54 Å². The van der Waals surface area contributed by atoms with Crippen LogP contribution in [0.5, 0.6) is 11.5 Å². The van der Waals surface area contributed by atoms with Gasteiger partial charge >= 0.3 is 0 Å². The molecule has 2 aromatic rings. The normalized spacial score (nSPS) is 10.4. The number of nitrogens with one attached hydrogen (secondary N) is 1. The minimum absolute atomic E-state index is 0.0919. The Labute approximate surface area is 118 Å². The molecule has 0 bridgehead atoms. The van der Waals surface area contributed by atoms with Gasteiger partial charge in [0.1, 0.15) is 11.6 Å². The summed E-state index contributed by atoms with van der Waals surface area (Å²) in [6.45, 7) is 0.0919. The second-order valence-corrected chi connectivity index (χ2v) is 4.35. The summed E-state index contributed by atoms with van der Waals surface area (Å²) in [4.78, 5) is 11.0. The summed E-state index contributed by atoms with van der Waals surface area (Å²) < 4.78 is 26.9. The standard InChI is InChI=1S/C14H12F2N2O3/c15-9-5-10(16)11(4-8(9)14(17)21)18-6-7-1-2-12(19)13(20)3-7/h1-5,18-20H,6H2,(H2,17,21). The molecule has 0 heterocycles. The highest BCUT2D eigenvalue weighted by Crippen LogP contribution is 2.26. The summed E-state index contributed by atoms with van der Waals surface area (Å²) in [5, 5.41) is 21.2. The van der Waals surface area contributed by atoms with Crippen molar-refractivity contribution in [2.75, 3.05) is 5.32 Å². The fourth-order valence-electron chi connectivity index (χ4n) is 1.75. The summed E-state index contributed by atoms with van der Waals surface area (Å²) in [6.07, 6.45) is 0. The lowest BCUT2D eigenvalue weighted by atomic mass is 10.1.